The Bertz CT molecular complexity index is 671. The molecule has 0 fully saturated rings. The third-order valence-electron chi connectivity index (χ3n) is 4.18. The number of carbonyl (C=O) groups is 1. The smallest absolute Gasteiger partial charge is 0.254 e. The van der Waals surface area contributed by atoms with Gasteiger partial charge in [0.25, 0.3) is 5.91 Å². The summed E-state index contributed by atoms with van der Waals surface area (Å²) in [4.78, 5) is 12.7. The predicted molar refractivity (Wildman–Crippen MR) is 87.8 cm³/mol. The number of rotatable bonds is 5. The molecular formula is C19H21NO3. The zero-order valence-electron chi connectivity index (χ0n) is 13.1. The minimum Gasteiger partial charge on any atom is -0.390 e. The summed E-state index contributed by atoms with van der Waals surface area (Å²) >= 11 is 0. The fraction of sp³-hybridized carbons (Fsp3) is 0.316. The van der Waals surface area contributed by atoms with Crippen molar-refractivity contribution in [2.45, 2.75) is 31.6 Å². The third kappa shape index (κ3) is 3.28. The summed E-state index contributed by atoms with van der Waals surface area (Å²) < 4.78 is 5.63. The molecule has 1 aliphatic carbocycles. The maximum atomic E-state index is 12.7. The average Bonchev–Trinajstić information content (AvgIpc) is 2.89. The summed E-state index contributed by atoms with van der Waals surface area (Å²) in [6, 6.07) is 16.8. The van der Waals surface area contributed by atoms with Gasteiger partial charge >= 0.3 is 0 Å². The molecule has 4 heteroatoms. The van der Waals surface area contributed by atoms with Gasteiger partial charge < -0.3 is 15.2 Å². The molecule has 120 valence electrons. The summed E-state index contributed by atoms with van der Waals surface area (Å²) in [6.45, 7) is 2.31. The Morgan fingerprint density at radius 3 is 2.65 bits per heavy atom. The molecule has 0 saturated carbocycles. The molecule has 0 aromatic heterocycles. The number of benzene rings is 2. The Labute approximate surface area is 136 Å². The molecule has 3 rings (SSSR count). The first-order chi connectivity index (χ1) is 11.2. The van der Waals surface area contributed by atoms with E-state index >= 15 is 0 Å². The highest BCUT2D eigenvalue weighted by molar-refractivity contribution is 5.83. The Hall–Kier alpha value is -2.17. The van der Waals surface area contributed by atoms with E-state index in [1.165, 1.54) is 0 Å². The van der Waals surface area contributed by atoms with Crippen LogP contribution >= 0.6 is 0 Å². The number of hydrogen-bond donors (Lipinski definition) is 2. The number of aliphatic hydroxyl groups is 1. The Morgan fingerprint density at radius 2 is 1.91 bits per heavy atom. The van der Waals surface area contributed by atoms with Crippen molar-refractivity contribution in [1.82, 2.24) is 5.32 Å². The van der Waals surface area contributed by atoms with Gasteiger partial charge in [0.2, 0.25) is 0 Å². The van der Waals surface area contributed by atoms with Crippen molar-refractivity contribution in [3.8, 4) is 0 Å². The topological polar surface area (TPSA) is 58.6 Å². The van der Waals surface area contributed by atoms with Gasteiger partial charge in [0, 0.05) is 13.0 Å². The van der Waals surface area contributed by atoms with Crippen LogP contribution in [0.1, 0.15) is 35.8 Å². The molecule has 23 heavy (non-hydrogen) atoms. The van der Waals surface area contributed by atoms with Crippen molar-refractivity contribution in [3.63, 3.8) is 0 Å². The largest absolute Gasteiger partial charge is 0.390 e. The fourth-order valence-electron chi connectivity index (χ4n) is 3.09. The Morgan fingerprint density at radius 1 is 1.22 bits per heavy atom. The molecule has 2 aromatic rings. The van der Waals surface area contributed by atoms with Crippen molar-refractivity contribution in [3.05, 3.63) is 71.3 Å². The summed E-state index contributed by atoms with van der Waals surface area (Å²) in [5, 5.41) is 13.2. The van der Waals surface area contributed by atoms with Gasteiger partial charge in [-0.3, -0.25) is 4.79 Å². The van der Waals surface area contributed by atoms with Crippen LogP contribution in [0.25, 0.3) is 0 Å². The van der Waals surface area contributed by atoms with E-state index in [0.29, 0.717) is 13.0 Å². The van der Waals surface area contributed by atoms with Gasteiger partial charge in [0.05, 0.1) is 12.1 Å². The average molecular weight is 311 g/mol. The SMILES string of the molecule is CCOC(C(=O)NC1c2ccccc2CC1O)c1ccccc1. The van der Waals surface area contributed by atoms with Crippen LogP contribution in [-0.2, 0) is 16.0 Å². The number of fused-ring (bicyclic) bond motifs is 1. The van der Waals surface area contributed by atoms with Gasteiger partial charge in [-0.05, 0) is 23.6 Å². The number of amides is 1. The molecule has 3 atom stereocenters. The highest BCUT2D eigenvalue weighted by Crippen LogP contribution is 2.32. The van der Waals surface area contributed by atoms with Gasteiger partial charge in [0.15, 0.2) is 6.10 Å². The standard InChI is InChI=1S/C19H21NO3/c1-2-23-18(13-8-4-3-5-9-13)19(22)20-17-15-11-7-6-10-14(15)12-16(17)21/h3-11,16-18,21H,2,12H2,1H3,(H,20,22). The van der Waals surface area contributed by atoms with E-state index in [0.717, 1.165) is 16.7 Å². The van der Waals surface area contributed by atoms with Crippen LogP contribution in [0.3, 0.4) is 0 Å². The minimum absolute atomic E-state index is 0.223. The van der Waals surface area contributed by atoms with Gasteiger partial charge in [0.1, 0.15) is 0 Å². The van der Waals surface area contributed by atoms with Crippen LogP contribution in [0.5, 0.6) is 0 Å². The third-order valence-corrected chi connectivity index (χ3v) is 4.18. The molecule has 0 radical (unpaired) electrons. The molecule has 0 aliphatic heterocycles. The number of ether oxygens (including phenoxy) is 1. The van der Waals surface area contributed by atoms with E-state index in [1.54, 1.807) is 0 Å². The lowest BCUT2D eigenvalue weighted by atomic mass is 10.1. The van der Waals surface area contributed by atoms with E-state index in [-0.39, 0.29) is 11.9 Å². The van der Waals surface area contributed by atoms with Crippen molar-refractivity contribution in [2.75, 3.05) is 6.61 Å². The van der Waals surface area contributed by atoms with E-state index in [2.05, 4.69) is 5.32 Å². The second-order valence-corrected chi connectivity index (χ2v) is 5.70. The number of nitrogens with one attached hydrogen (secondary N) is 1. The molecule has 0 spiro atoms. The molecule has 2 aromatic carbocycles. The van der Waals surface area contributed by atoms with E-state index in [9.17, 15) is 9.90 Å². The van der Waals surface area contributed by atoms with E-state index in [4.69, 9.17) is 4.74 Å². The summed E-state index contributed by atoms with van der Waals surface area (Å²) in [5.74, 6) is -0.223. The molecule has 0 heterocycles. The van der Waals surface area contributed by atoms with Crippen molar-refractivity contribution < 1.29 is 14.6 Å². The van der Waals surface area contributed by atoms with Crippen molar-refractivity contribution in [1.29, 1.82) is 0 Å². The summed E-state index contributed by atoms with van der Waals surface area (Å²) in [6.07, 6.45) is -0.707. The van der Waals surface area contributed by atoms with Gasteiger partial charge in [-0.2, -0.15) is 0 Å². The Kier molecular flexibility index (Phi) is 4.74. The lowest BCUT2D eigenvalue weighted by Gasteiger charge is -2.22. The van der Waals surface area contributed by atoms with Crippen molar-refractivity contribution >= 4 is 5.91 Å². The second kappa shape index (κ2) is 6.94. The van der Waals surface area contributed by atoms with E-state index in [1.807, 2.05) is 61.5 Å². The minimum atomic E-state index is -0.666. The lowest BCUT2D eigenvalue weighted by molar-refractivity contribution is -0.134. The maximum absolute atomic E-state index is 12.7. The second-order valence-electron chi connectivity index (χ2n) is 5.70. The van der Waals surface area contributed by atoms with Crippen molar-refractivity contribution in [2.24, 2.45) is 0 Å². The first-order valence-electron chi connectivity index (χ1n) is 7.93. The van der Waals surface area contributed by atoms with Crippen LogP contribution in [0.15, 0.2) is 54.6 Å². The zero-order chi connectivity index (χ0) is 16.2. The molecule has 2 N–H and O–H groups in total. The molecule has 0 saturated heterocycles. The van der Waals surface area contributed by atoms with Crippen LogP contribution in [0.2, 0.25) is 0 Å². The monoisotopic (exact) mass is 311 g/mol. The van der Waals surface area contributed by atoms with Gasteiger partial charge in [-0.25, -0.2) is 0 Å². The lowest BCUT2D eigenvalue weighted by Crippen LogP contribution is -2.37. The zero-order valence-corrected chi connectivity index (χ0v) is 13.1. The number of hydrogen-bond acceptors (Lipinski definition) is 3. The number of carbonyl (C=O) groups excluding carboxylic acids is 1. The van der Waals surface area contributed by atoms with Crippen LogP contribution < -0.4 is 5.32 Å². The normalized spacial score (nSPS) is 20.8. The first kappa shape index (κ1) is 15.7. The fourth-order valence-corrected chi connectivity index (χ4v) is 3.09. The molecule has 4 nitrogen and oxygen atoms in total. The van der Waals surface area contributed by atoms with Crippen LogP contribution in [-0.4, -0.2) is 23.7 Å². The highest BCUT2D eigenvalue weighted by atomic mass is 16.5. The molecule has 1 aliphatic rings. The molecule has 0 bridgehead atoms. The van der Waals surface area contributed by atoms with Gasteiger partial charge in [-0.1, -0.05) is 54.6 Å². The maximum Gasteiger partial charge on any atom is 0.254 e. The summed E-state index contributed by atoms with van der Waals surface area (Å²) in [7, 11) is 0. The van der Waals surface area contributed by atoms with Crippen LogP contribution in [0.4, 0.5) is 0 Å². The van der Waals surface area contributed by atoms with Gasteiger partial charge in [-0.15, -0.1) is 0 Å². The molecule has 3 unspecified atom stereocenters. The van der Waals surface area contributed by atoms with Crippen LogP contribution in [0, 0.1) is 0 Å². The quantitative estimate of drug-likeness (QED) is 0.892. The van der Waals surface area contributed by atoms with E-state index < -0.39 is 12.2 Å². The highest BCUT2D eigenvalue weighted by Gasteiger charge is 2.34. The molecular weight excluding hydrogens is 290 g/mol. The summed E-state index contributed by atoms with van der Waals surface area (Å²) in [5.41, 5.74) is 2.88. The predicted octanol–water partition coefficient (Wildman–Crippen LogP) is 2.54. The number of aliphatic hydroxyl groups excluding tert-OH is 1. The first-order valence-corrected chi connectivity index (χ1v) is 7.93. The molecule has 1 amide bonds. The Balaban J connectivity index is 1.80.